The molecule has 0 atom stereocenters. The Balaban J connectivity index is 0. The Morgan fingerprint density at radius 2 is 1.75 bits per heavy atom. The third-order valence-electron chi connectivity index (χ3n) is 1.45. The van der Waals surface area contributed by atoms with E-state index < -0.39 is 0 Å². The van der Waals surface area contributed by atoms with Crippen LogP contribution in [0.5, 0.6) is 5.75 Å². The Morgan fingerprint density at radius 1 is 1.25 bits per heavy atom. The quantitative estimate of drug-likeness (QED) is 0.373. The summed E-state index contributed by atoms with van der Waals surface area (Å²) in [7, 11) is 1.67. The largest absolute Gasteiger partial charge is 2.00 e. The van der Waals surface area contributed by atoms with Crippen molar-refractivity contribution in [2.45, 2.75) is 6.42 Å². The maximum absolute atomic E-state index is 4.99. The van der Waals surface area contributed by atoms with E-state index in [1.165, 1.54) is 5.56 Å². The number of ether oxygens (including phenoxy) is 1. The zero-order chi connectivity index (χ0) is 7.40. The minimum Gasteiger partial charge on any atom is -1.00 e. The summed E-state index contributed by atoms with van der Waals surface area (Å²) in [5, 5.41) is 0. The molecule has 0 heterocycles. The molecule has 1 nitrogen and oxygen atoms in total. The fraction of sp³-hybridized carbons (Fsp3) is 0.222. The molecule has 0 aliphatic rings. The molecule has 0 fully saturated rings. The van der Waals surface area contributed by atoms with Crippen molar-refractivity contribution in [2.24, 2.45) is 0 Å². The molecule has 62 valence electrons. The molecule has 0 aliphatic carbocycles. The molecule has 1 rings (SSSR count). The summed E-state index contributed by atoms with van der Waals surface area (Å²) in [6.45, 7) is 3.77. The monoisotopic (exact) mass is 286 g/mol. The summed E-state index contributed by atoms with van der Waals surface area (Å²) in [6, 6.07) is 7.93. The van der Waals surface area contributed by atoms with Gasteiger partial charge in [-0.2, -0.15) is 6.42 Å². The molecule has 0 bridgehead atoms. The van der Waals surface area contributed by atoms with Crippen molar-refractivity contribution in [3.63, 3.8) is 0 Å². The van der Waals surface area contributed by atoms with Crippen LogP contribution in [0.2, 0.25) is 0 Å². The molecule has 0 amide bonds. The van der Waals surface area contributed by atoms with Crippen LogP contribution in [0, 0.1) is 6.92 Å². The molecular formula is C9H11IMgO. The summed E-state index contributed by atoms with van der Waals surface area (Å²) in [5.41, 5.74) is 1.24. The average Bonchev–Trinajstić information content (AvgIpc) is 2.05. The number of rotatable bonds is 2. The molecule has 0 N–H and O–H groups in total. The van der Waals surface area contributed by atoms with E-state index in [0.717, 1.165) is 12.2 Å². The van der Waals surface area contributed by atoms with Gasteiger partial charge in [0.25, 0.3) is 0 Å². The topological polar surface area (TPSA) is 9.23 Å². The first-order valence-corrected chi connectivity index (χ1v) is 3.29. The van der Waals surface area contributed by atoms with Gasteiger partial charge in [-0.05, 0) is 12.1 Å². The van der Waals surface area contributed by atoms with Gasteiger partial charge in [-0.15, -0.1) is 0 Å². The number of halogens is 1. The molecule has 0 spiro atoms. The third-order valence-corrected chi connectivity index (χ3v) is 1.45. The maximum atomic E-state index is 4.99. The SMILES string of the molecule is [CH2-]Cc1ccc(OC)cc1.[I-].[Mg+2]. The predicted octanol–water partition coefficient (Wildman–Crippen LogP) is -1.31. The summed E-state index contributed by atoms with van der Waals surface area (Å²) in [6.07, 6.45) is 0.837. The van der Waals surface area contributed by atoms with E-state index in [1.807, 2.05) is 24.3 Å². The zero-order valence-corrected chi connectivity index (χ0v) is 10.8. The van der Waals surface area contributed by atoms with Gasteiger partial charge in [0.2, 0.25) is 0 Å². The van der Waals surface area contributed by atoms with Crippen LogP contribution in [-0.4, -0.2) is 30.2 Å². The average molecular weight is 286 g/mol. The van der Waals surface area contributed by atoms with Gasteiger partial charge in [-0.25, -0.2) is 0 Å². The van der Waals surface area contributed by atoms with Gasteiger partial charge < -0.3 is 35.6 Å². The van der Waals surface area contributed by atoms with E-state index in [-0.39, 0.29) is 47.0 Å². The summed E-state index contributed by atoms with van der Waals surface area (Å²) in [5.74, 6) is 0.900. The van der Waals surface area contributed by atoms with Crippen LogP contribution >= 0.6 is 0 Å². The van der Waals surface area contributed by atoms with E-state index >= 15 is 0 Å². The number of hydrogen-bond acceptors (Lipinski definition) is 1. The van der Waals surface area contributed by atoms with Crippen LogP contribution in [0.3, 0.4) is 0 Å². The number of methoxy groups -OCH3 is 1. The molecule has 3 heteroatoms. The fourth-order valence-corrected chi connectivity index (χ4v) is 0.792. The van der Waals surface area contributed by atoms with Crippen molar-refractivity contribution in [3.05, 3.63) is 36.8 Å². The Kier molecular flexibility index (Phi) is 10.2. The first-order chi connectivity index (χ1) is 4.86. The van der Waals surface area contributed by atoms with Crippen molar-refractivity contribution in [1.29, 1.82) is 0 Å². The zero-order valence-electron chi connectivity index (χ0n) is 7.22. The first kappa shape index (κ1) is 15.0. The maximum Gasteiger partial charge on any atom is 2.00 e. The minimum atomic E-state index is 0. The molecule has 0 aromatic heterocycles. The van der Waals surface area contributed by atoms with Crippen LogP contribution in [0.15, 0.2) is 24.3 Å². The number of benzene rings is 1. The second-order valence-corrected chi connectivity index (χ2v) is 2.10. The van der Waals surface area contributed by atoms with Crippen molar-refractivity contribution in [3.8, 4) is 5.75 Å². The van der Waals surface area contributed by atoms with Gasteiger partial charge in [0.05, 0.1) is 7.11 Å². The van der Waals surface area contributed by atoms with Crippen LogP contribution in [-0.2, 0) is 6.42 Å². The van der Waals surface area contributed by atoms with Gasteiger partial charge in [0, 0.05) is 0 Å². The Bertz CT molecular complexity index is 175. The smallest absolute Gasteiger partial charge is 1.00 e. The van der Waals surface area contributed by atoms with Gasteiger partial charge >= 0.3 is 23.1 Å². The van der Waals surface area contributed by atoms with E-state index in [2.05, 4.69) is 6.92 Å². The Hall–Kier alpha value is 0.516. The molecule has 1 aromatic rings. The van der Waals surface area contributed by atoms with Gasteiger partial charge in [0.1, 0.15) is 5.75 Å². The van der Waals surface area contributed by atoms with Crippen LogP contribution in [0.1, 0.15) is 5.56 Å². The van der Waals surface area contributed by atoms with E-state index in [9.17, 15) is 0 Å². The summed E-state index contributed by atoms with van der Waals surface area (Å²) < 4.78 is 4.99. The minimum absolute atomic E-state index is 0. The molecule has 0 saturated carbocycles. The van der Waals surface area contributed by atoms with Crippen LogP contribution in [0.25, 0.3) is 0 Å². The van der Waals surface area contributed by atoms with Gasteiger partial charge in [-0.3, -0.25) is 0 Å². The second kappa shape index (κ2) is 8.13. The predicted molar refractivity (Wildman–Crippen MR) is 47.8 cm³/mol. The van der Waals surface area contributed by atoms with E-state index in [4.69, 9.17) is 4.74 Å². The van der Waals surface area contributed by atoms with Gasteiger partial charge in [-0.1, -0.05) is 17.7 Å². The van der Waals surface area contributed by atoms with E-state index in [0.29, 0.717) is 0 Å². The van der Waals surface area contributed by atoms with Gasteiger partial charge in [0.15, 0.2) is 0 Å². The van der Waals surface area contributed by atoms with Crippen LogP contribution in [0.4, 0.5) is 0 Å². The number of hydrogen-bond donors (Lipinski definition) is 0. The molecular weight excluding hydrogens is 275 g/mol. The molecule has 12 heavy (non-hydrogen) atoms. The van der Waals surface area contributed by atoms with Crippen LogP contribution < -0.4 is 28.7 Å². The molecule has 1 aromatic carbocycles. The molecule has 0 aliphatic heterocycles. The summed E-state index contributed by atoms with van der Waals surface area (Å²) >= 11 is 0. The van der Waals surface area contributed by atoms with Crippen molar-refractivity contribution in [1.82, 2.24) is 0 Å². The third kappa shape index (κ3) is 4.52. The Morgan fingerprint density at radius 3 is 2.08 bits per heavy atom. The van der Waals surface area contributed by atoms with Crippen molar-refractivity contribution >= 4 is 23.1 Å². The fourth-order valence-electron chi connectivity index (χ4n) is 0.792. The van der Waals surface area contributed by atoms with E-state index in [1.54, 1.807) is 7.11 Å². The molecule has 0 radical (unpaired) electrons. The first-order valence-electron chi connectivity index (χ1n) is 3.29. The molecule has 0 saturated heterocycles. The standard InChI is InChI=1S/C9H11O.HI.Mg/c1-3-8-4-6-9(10-2)7-5-8;;/h4-7H,1,3H2,2H3;1H;/q-1;;+2/p-1. The molecule has 0 unspecified atom stereocenters. The van der Waals surface area contributed by atoms with Crippen molar-refractivity contribution < 1.29 is 28.7 Å². The second-order valence-electron chi connectivity index (χ2n) is 2.10. The summed E-state index contributed by atoms with van der Waals surface area (Å²) in [4.78, 5) is 0. The van der Waals surface area contributed by atoms with Crippen molar-refractivity contribution in [2.75, 3.05) is 7.11 Å². The normalized spacial score (nSPS) is 7.83. The Labute approximate surface area is 107 Å².